The number of rotatable bonds is 4. The Morgan fingerprint density at radius 2 is 1.75 bits per heavy atom. The summed E-state index contributed by atoms with van der Waals surface area (Å²) in [4.78, 5) is 0. The largest absolute Gasteiger partial charge is 0.399 e. The molecule has 0 aliphatic rings. The number of nitrogens with one attached hydrogen (secondary N) is 1. The number of aromatic nitrogens is 4. The summed E-state index contributed by atoms with van der Waals surface area (Å²) < 4.78 is 1.66. The van der Waals surface area contributed by atoms with Gasteiger partial charge < -0.3 is 11.1 Å². The van der Waals surface area contributed by atoms with Crippen molar-refractivity contribution in [3.8, 4) is 5.69 Å². The molecule has 0 aliphatic heterocycles. The zero-order chi connectivity index (χ0) is 13.8. The van der Waals surface area contributed by atoms with Gasteiger partial charge in [-0.2, -0.15) is 4.68 Å². The molecule has 20 heavy (non-hydrogen) atoms. The molecule has 1 heterocycles. The van der Waals surface area contributed by atoms with Crippen LogP contribution in [0.2, 0.25) is 0 Å². The van der Waals surface area contributed by atoms with Gasteiger partial charge in [0, 0.05) is 12.2 Å². The van der Waals surface area contributed by atoms with Crippen molar-refractivity contribution in [3.63, 3.8) is 0 Å². The molecule has 2 aromatic carbocycles. The van der Waals surface area contributed by atoms with Gasteiger partial charge in [-0.1, -0.05) is 35.4 Å². The van der Waals surface area contributed by atoms with Gasteiger partial charge in [0.15, 0.2) is 0 Å². The molecule has 0 saturated carbocycles. The summed E-state index contributed by atoms with van der Waals surface area (Å²) in [6.07, 6.45) is 0. The highest BCUT2D eigenvalue weighted by Crippen LogP contribution is 2.12. The van der Waals surface area contributed by atoms with Crippen LogP contribution in [0.1, 0.15) is 5.56 Å². The first-order valence-electron chi connectivity index (χ1n) is 6.25. The third kappa shape index (κ3) is 2.59. The Labute approximate surface area is 116 Å². The lowest BCUT2D eigenvalue weighted by molar-refractivity contribution is 0.789. The van der Waals surface area contributed by atoms with Crippen molar-refractivity contribution in [3.05, 3.63) is 60.2 Å². The summed E-state index contributed by atoms with van der Waals surface area (Å²) >= 11 is 0. The quantitative estimate of drug-likeness (QED) is 0.704. The Bertz CT molecular complexity index is 674. The highest BCUT2D eigenvalue weighted by Gasteiger charge is 2.06. The highest BCUT2D eigenvalue weighted by atomic mass is 15.6. The molecule has 0 atom stereocenters. The molecule has 3 rings (SSSR count). The number of benzene rings is 2. The zero-order valence-electron chi connectivity index (χ0n) is 10.8. The average Bonchev–Trinajstić information content (AvgIpc) is 2.96. The van der Waals surface area contributed by atoms with Crippen molar-refractivity contribution in [2.24, 2.45) is 0 Å². The number of anilines is 2. The van der Waals surface area contributed by atoms with Crippen molar-refractivity contribution in [2.45, 2.75) is 6.54 Å². The SMILES string of the molecule is Nc1ccc(CNc2nnnn2-c2ccccc2)cc1. The van der Waals surface area contributed by atoms with Crippen molar-refractivity contribution in [1.82, 2.24) is 20.2 Å². The second kappa shape index (κ2) is 5.40. The lowest BCUT2D eigenvalue weighted by Gasteiger charge is -2.07. The first-order chi connectivity index (χ1) is 9.83. The van der Waals surface area contributed by atoms with Crippen LogP contribution in [-0.2, 0) is 6.54 Å². The number of para-hydroxylation sites is 1. The summed E-state index contributed by atoms with van der Waals surface area (Å²) in [7, 11) is 0. The maximum absolute atomic E-state index is 5.66. The maximum atomic E-state index is 5.66. The standard InChI is InChI=1S/C14H14N6/c15-12-8-6-11(7-9-12)10-16-14-17-18-19-20(14)13-4-2-1-3-5-13/h1-9H,10,15H2,(H,16,17,19). The Morgan fingerprint density at radius 3 is 2.50 bits per heavy atom. The van der Waals surface area contributed by atoms with Crippen molar-refractivity contribution in [1.29, 1.82) is 0 Å². The van der Waals surface area contributed by atoms with E-state index in [2.05, 4.69) is 20.8 Å². The molecule has 0 saturated heterocycles. The Kier molecular flexibility index (Phi) is 3.28. The molecule has 0 amide bonds. The van der Waals surface area contributed by atoms with E-state index >= 15 is 0 Å². The summed E-state index contributed by atoms with van der Waals surface area (Å²) in [5.41, 5.74) is 8.44. The van der Waals surface area contributed by atoms with Crippen LogP contribution in [-0.4, -0.2) is 20.2 Å². The smallest absolute Gasteiger partial charge is 0.248 e. The first kappa shape index (κ1) is 12.2. The van der Waals surface area contributed by atoms with Gasteiger partial charge in [-0.15, -0.1) is 0 Å². The molecule has 0 spiro atoms. The van der Waals surface area contributed by atoms with Gasteiger partial charge >= 0.3 is 0 Å². The van der Waals surface area contributed by atoms with Gasteiger partial charge in [0.05, 0.1) is 5.69 Å². The topological polar surface area (TPSA) is 81.7 Å². The van der Waals surface area contributed by atoms with Crippen LogP contribution >= 0.6 is 0 Å². The molecular weight excluding hydrogens is 252 g/mol. The Morgan fingerprint density at radius 1 is 1.00 bits per heavy atom. The first-order valence-corrected chi connectivity index (χ1v) is 6.25. The van der Waals surface area contributed by atoms with Crippen molar-refractivity contribution < 1.29 is 0 Å². The molecule has 0 fully saturated rings. The molecule has 6 nitrogen and oxygen atoms in total. The fraction of sp³-hybridized carbons (Fsp3) is 0.0714. The van der Waals surface area contributed by atoms with E-state index in [9.17, 15) is 0 Å². The van der Waals surface area contributed by atoms with E-state index in [1.54, 1.807) is 4.68 Å². The van der Waals surface area contributed by atoms with E-state index in [-0.39, 0.29) is 0 Å². The van der Waals surface area contributed by atoms with Crippen LogP contribution in [0, 0.1) is 0 Å². The summed E-state index contributed by atoms with van der Waals surface area (Å²) in [6.45, 7) is 0.632. The minimum absolute atomic E-state index is 0.605. The van der Waals surface area contributed by atoms with Crippen molar-refractivity contribution >= 4 is 11.6 Å². The maximum Gasteiger partial charge on any atom is 0.248 e. The predicted octanol–water partition coefficient (Wildman–Crippen LogP) is 1.86. The van der Waals surface area contributed by atoms with Crippen LogP contribution in [0.25, 0.3) is 5.69 Å². The molecule has 0 radical (unpaired) electrons. The fourth-order valence-corrected chi connectivity index (χ4v) is 1.86. The number of nitrogens with zero attached hydrogens (tertiary/aromatic N) is 4. The molecular formula is C14H14N6. The number of nitrogen functional groups attached to an aromatic ring is 1. The fourth-order valence-electron chi connectivity index (χ4n) is 1.86. The average molecular weight is 266 g/mol. The van der Waals surface area contributed by atoms with Gasteiger partial charge in [0.1, 0.15) is 0 Å². The van der Waals surface area contributed by atoms with Gasteiger partial charge in [-0.05, 0) is 40.3 Å². The lowest BCUT2D eigenvalue weighted by atomic mass is 10.2. The molecule has 1 aromatic heterocycles. The molecule has 0 bridgehead atoms. The Balaban J connectivity index is 1.76. The molecule has 0 unspecified atom stereocenters. The van der Waals surface area contributed by atoms with E-state index in [0.717, 1.165) is 16.9 Å². The number of hydrogen-bond donors (Lipinski definition) is 2. The normalized spacial score (nSPS) is 10.4. The third-order valence-corrected chi connectivity index (χ3v) is 2.90. The van der Waals surface area contributed by atoms with Crippen LogP contribution in [0.5, 0.6) is 0 Å². The minimum atomic E-state index is 0.605. The molecule has 100 valence electrons. The van der Waals surface area contributed by atoms with Crippen LogP contribution in [0.15, 0.2) is 54.6 Å². The number of hydrogen-bond acceptors (Lipinski definition) is 5. The highest BCUT2D eigenvalue weighted by molar-refractivity contribution is 5.42. The van der Waals surface area contributed by atoms with Crippen LogP contribution in [0.3, 0.4) is 0 Å². The second-order valence-corrected chi connectivity index (χ2v) is 4.34. The van der Waals surface area contributed by atoms with Crippen LogP contribution in [0.4, 0.5) is 11.6 Å². The predicted molar refractivity (Wildman–Crippen MR) is 77.3 cm³/mol. The van der Waals surface area contributed by atoms with Gasteiger partial charge in [0.2, 0.25) is 5.95 Å². The third-order valence-electron chi connectivity index (χ3n) is 2.90. The summed E-state index contributed by atoms with van der Waals surface area (Å²) in [5.74, 6) is 0.605. The monoisotopic (exact) mass is 266 g/mol. The second-order valence-electron chi connectivity index (χ2n) is 4.34. The van der Waals surface area contributed by atoms with E-state index < -0.39 is 0 Å². The van der Waals surface area contributed by atoms with E-state index in [1.165, 1.54) is 0 Å². The zero-order valence-corrected chi connectivity index (χ0v) is 10.8. The molecule has 6 heteroatoms. The van der Waals surface area contributed by atoms with E-state index in [4.69, 9.17) is 5.73 Å². The summed E-state index contributed by atoms with van der Waals surface area (Å²) in [6, 6.07) is 17.4. The van der Waals surface area contributed by atoms with E-state index in [0.29, 0.717) is 12.5 Å². The van der Waals surface area contributed by atoms with E-state index in [1.807, 2.05) is 54.6 Å². The minimum Gasteiger partial charge on any atom is -0.399 e. The molecule has 3 N–H and O–H groups in total. The van der Waals surface area contributed by atoms with Gasteiger partial charge in [-0.25, -0.2) is 0 Å². The summed E-state index contributed by atoms with van der Waals surface area (Å²) in [5, 5.41) is 14.9. The molecule has 3 aromatic rings. The lowest BCUT2D eigenvalue weighted by Crippen LogP contribution is -2.07. The van der Waals surface area contributed by atoms with Crippen molar-refractivity contribution in [2.75, 3.05) is 11.1 Å². The number of tetrazole rings is 1. The Hall–Kier alpha value is -2.89. The van der Waals surface area contributed by atoms with Crippen LogP contribution < -0.4 is 11.1 Å². The molecule has 0 aliphatic carbocycles. The van der Waals surface area contributed by atoms with Gasteiger partial charge in [-0.3, -0.25) is 0 Å². The van der Waals surface area contributed by atoms with Gasteiger partial charge in [0.25, 0.3) is 0 Å². The number of nitrogens with two attached hydrogens (primary N) is 1.